The van der Waals surface area contributed by atoms with E-state index in [1.807, 2.05) is 16.9 Å². The Morgan fingerprint density at radius 3 is 2.86 bits per heavy atom. The van der Waals surface area contributed by atoms with Crippen molar-refractivity contribution in [3.63, 3.8) is 0 Å². The fourth-order valence-electron chi connectivity index (χ4n) is 2.03. The third kappa shape index (κ3) is 3.91. The Kier molecular flexibility index (Phi) is 4.43. The van der Waals surface area contributed by atoms with Gasteiger partial charge in [0.1, 0.15) is 18.2 Å². The minimum absolute atomic E-state index is 0.276. The quantitative estimate of drug-likeness (QED) is 0.727. The summed E-state index contributed by atoms with van der Waals surface area (Å²) in [7, 11) is 0. The third-order valence-electron chi connectivity index (χ3n) is 3.11. The normalized spacial score (nSPS) is 10.8. The van der Waals surface area contributed by atoms with Gasteiger partial charge >= 0.3 is 0 Å². The molecule has 1 aromatic carbocycles. The maximum absolute atomic E-state index is 12.8. The molecule has 114 valence electrons. The van der Waals surface area contributed by atoms with Crippen LogP contribution in [0.1, 0.15) is 18.1 Å². The maximum Gasteiger partial charge on any atom is 0.162 e. The lowest BCUT2D eigenvalue weighted by Crippen LogP contribution is -2.01. The van der Waals surface area contributed by atoms with Crippen molar-refractivity contribution < 1.29 is 9.13 Å². The van der Waals surface area contributed by atoms with E-state index in [0.717, 1.165) is 25.2 Å². The third-order valence-corrected chi connectivity index (χ3v) is 3.11. The van der Waals surface area contributed by atoms with Crippen molar-refractivity contribution in [3.8, 4) is 5.75 Å². The molecule has 0 amide bonds. The highest BCUT2D eigenvalue weighted by molar-refractivity contribution is 5.22. The number of rotatable bonds is 7. The number of nitrogens with one attached hydrogen (secondary N) is 1. The molecule has 6 nitrogen and oxygen atoms in total. The van der Waals surface area contributed by atoms with E-state index in [9.17, 15) is 4.39 Å². The van der Waals surface area contributed by atoms with Gasteiger partial charge in [-0.25, -0.2) is 9.37 Å². The number of aromatic nitrogens is 5. The van der Waals surface area contributed by atoms with Gasteiger partial charge in [0.15, 0.2) is 11.6 Å². The van der Waals surface area contributed by atoms with Gasteiger partial charge in [0.05, 0.1) is 0 Å². The van der Waals surface area contributed by atoms with E-state index in [-0.39, 0.29) is 12.4 Å². The molecule has 2 heterocycles. The second-order valence-corrected chi connectivity index (χ2v) is 4.81. The molecule has 1 N–H and O–H groups in total. The number of hydrogen-bond acceptors (Lipinski definition) is 4. The van der Waals surface area contributed by atoms with Gasteiger partial charge in [-0.2, -0.15) is 10.2 Å². The van der Waals surface area contributed by atoms with Gasteiger partial charge in [-0.15, -0.1) is 0 Å². The smallest absolute Gasteiger partial charge is 0.162 e. The van der Waals surface area contributed by atoms with Crippen LogP contribution in [0.5, 0.6) is 5.75 Å². The average molecular weight is 301 g/mol. The minimum atomic E-state index is -0.286. The first-order valence-corrected chi connectivity index (χ1v) is 7.05. The minimum Gasteiger partial charge on any atom is -0.486 e. The van der Waals surface area contributed by atoms with Crippen molar-refractivity contribution in [1.29, 1.82) is 0 Å². The Labute approximate surface area is 127 Å². The first-order chi connectivity index (χ1) is 10.8. The zero-order valence-corrected chi connectivity index (χ0v) is 11.9. The van der Waals surface area contributed by atoms with Crippen LogP contribution >= 0.6 is 0 Å². The summed E-state index contributed by atoms with van der Waals surface area (Å²) in [5, 5.41) is 11.1. The predicted molar refractivity (Wildman–Crippen MR) is 77.7 cm³/mol. The molecule has 0 saturated heterocycles. The molecule has 0 atom stereocenters. The van der Waals surface area contributed by atoms with Gasteiger partial charge in [0.2, 0.25) is 0 Å². The summed E-state index contributed by atoms with van der Waals surface area (Å²) in [4.78, 5) is 4.37. The van der Waals surface area contributed by atoms with E-state index < -0.39 is 0 Å². The van der Waals surface area contributed by atoms with Crippen molar-refractivity contribution >= 4 is 0 Å². The molecule has 22 heavy (non-hydrogen) atoms. The molecule has 0 radical (unpaired) electrons. The van der Waals surface area contributed by atoms with Crippen LogP contribution in [0.15, 0.2) is 42.7 Å². The summed E-state index contributed by atoms with van der Waals surface area (Å²) in [6, 6.07) is 7.78. The van der Waals surface area contributed by atoms with Crippen molar-refractivity contribution in [2.75, 3.05) is 0 Å². The second kappa shape index (κ2) is 6.84. The first-order valence-electron chi connectivity index (χ1n) is 7.05. The summed E-state index contributed by atoms with van der Waals surface area (Å²) < 4.78 is 20.2. The molecule has 3 rings (SSSR count). The van der Waals surface area contributed by atoms with Crippen LogP contribution in [0.25, 0.3) is 0 Å². The summed E-state index contributed by atoms with van der Waals surface area (Å²) in [5.74, 6) is 1.72. The zero-order chi connectivity index (χ0) is 15.2. The topological polar surface area (TPSA) is 68.6 Å². The number of H-pyrrole nitrogens is 1. The van der Waals surface area contributed by atoms with Crippen LogP contribution in [0.3, 0.4) is 0 Å². The highest BCUT2D eigenvalue weighted by atomic mass is 19.1. The van der Waals surface area contributed by atoms with E-state index in [2.05, 4.69) is 20.3 Å². The molecule has 0 saturated carbocycles. The van der Waals surface area contributed by atoms with Crippen molar-refractivity contribution in [2.45, 2.75) is 26.0 Å². The van der Waals surface area contributed by atoms with Gasteiger partial charge in [-0.1, -0.05) is 0 Å². The monoisotopic (exact) mass is 301 g/mol. The lowest BCUT2D eigenvalue weighted by molar-refractivity contribution is 0.296. The lowest BCUT2D eigenvalue weighted by Gasteiger charge is -2.02. The predicted octanol–water partition coefficient (Wildman–Crippen LogP) is 2.35. The van der Waals surface area contributed by atoms with E-state index in [0.29, 0.717) is 11.6 Å². The van der Waals surface area contributed by atoms with E-state index in [4.69, 9.17) is 4.74 Å². The summed E-state index contributed by atoms with van der Waals surface area (Å²) >= 11 is 0. The van der Waals surface area contributed by atoms with Crippen molar-refractivity contribution in [2.24, 2.45) is 0 Å². The van der Waals surface area contributed by atoms with Crippen LogP contribution in [-0.2, 0) is 19.6 Å². The average Bonchev–Trinajstić information content (AvgIpc) is 3.19. The zero-order valence-electron chi connectivity index (χ0n) is 11.9. The van der Waals surface area contributed by atoms with Crippen LogP contribution < -0.4 is 4.74 Å². The highest BCUT2D eigenvalue weighted by Crippen LogP contribution is 2.12. The number of hydrogen-bond donors (Lipinski definition) is 1. The molecule has 3 aromatic rings. The van der Waals surface area contributed by atoms with E-state index >= 15 is 0 Å². The van der Waals surface area contributed by atoms with Crippen molar-refractivity contribution in [3.05, 3.63) is 60.2 Å². The number of benzene rings is 1. The van der Waals surface area contributed by atoms with Gasteiger partial charge in [-0.05, 0) is 36.8 Å². The van der Waals surface area contributed by atoms with Crippen molar-refractivity contribution in [1.82, 2.24) is 25.0 Å². The fraction of sp³-hybridized carbons (Fsp3) is 0.267. The Hall–Kier alpha value is -2.70. The SMILES string of the molecule is Fc1ccc(OCc2nc(CCCn3cccn3)n[nH]2)cc1. The number of aryl methyl sites for hydroxylation is 2. The molecule has 0 aliphatic rings. The Morgan fingerprint density at radius 2 is 2.09 bits per heavy atom. The Balaban J connectivity index is 1.45. The molecule has 0 fully saturated rings. The Bertz CT molecular complexity index is 693. The molecule has 0 bridgehead atoms. The molecular weight excluding hydrogens is 285 g/mol. The molecule has 0 aliphatic heterocycles. The van der Waals surface area contributed by atoms with Gasteiger partial charge in [0.25, 0.3) is 0 Å². The summed E-state index contributed by atoms with van der Waals surface area (Å²) in [6.07, 6.45) is 5.38. The number of ether oxygens (including phenoxy) is 1. The number of halogens is 1. The Morgan fingerprint density at radius 1 is 1.23 bits per heavy atom. The summed E-state index contributed by atoms with van der Waals surface area (Å²) in [6.45, 7) is 1.11. The molecule has 7 heteroatoms. The van der Waals surface area contributed by atoms with E-state index in [1.54, 1.807) is 18.3 Å². The number of aromatic amines is 1. The highest BCUT2D eigenvalue weighted by Gasteiger charge is 2.04. The first kappa shape index (κ1) is 14.2. The van der Waals surface area contributed by atoms with Crippen LogP contribution in [0.4, 0.5) is 4.39 Å². The fourth-order valence-corrected chi connectivity index (χ4v) is 2.03. The van der Waals surface area contributed by atoms with Gasteiger partial charge < -0.3 is 4.74 Å². The number of nitrogens with zero attached hydrogens (tertiary/aromatic N) is 4. The molecule has 0 aliphatic carbocycles. The van der Waals surface area contributed by atoms with Crippen LogP contribution in [-0.4, -0.2) is 25.0 Å². The molecular formula is C15H16FN5O. The summed E-state index contributed by atoms with van der Waals surface area (Å²) in [5.41, 5.74) is 0. The van der Waals surface area contributed by atoms with Gasteiger partial charge in [-0.3, -0.25) is 9.78 Å². The van der Waals surface area contributed by atoms with Gasteiger partial charge in [0, 0.05) is 25.4 Å². The van der Waals surface area contributed by atoms with Crippen LogP contribution in [0, 0.1) is 5.82 Å². The maximum atomic E-state index is 12.8. The van der Waals surface area contributed by atoms with E-state index in [1.165, 1.54) is 12.1 Å². The standard InChI is InChI=1S/C15H16FN5O/c16-12-4-6-13(7-5-12)22-11-15-18-14(19-20-15)3-1-9-21-10-2-8-17-21/h2,4-8,10H,1,3,9,11H2,(H,18,19,20). The lowest BCUT2D eigenvalue weighted by atomic mass is 10.3. The molecule has 0 unspecified atom stereocenters. The molecule has 0 spiro atoms. The van der Waals surface area contributed by atoms with Crippen LogP contribution in [0.2, 0.25) is 0 Å². The molecule has 2 aromatic heterocycles. The largest absolute Gasteiger partial charge is 0.486 e. The second-order valence-electron chi connectivity index (χ2n) is 4.81.